The number of imide groups is 1. The zero-order valence-corrected chi connectivity index (χ0v) is 23.8. The zero-order valence-electron chi connectivity index (χ0n) is 22.3. The van der Waals surface area contributed by atoms with Gasteiger partial charge in [0.15, 0.2) is 6.61 Å². The lowest BCUT2D eigenvalue weighted by Gasteiger charge is -2.45. The Hall–Kier alpha value is -3.68. The molecule has 0 unspecified atom stereocenters. The maximum absolute atomic E-state index is 14.1. The summed E-state index contributed by atoms with van der Waals surface area (Å²) in [6.07, 6.45) is 1.61. The second-order valence-electron chi connectivity index (χ2n) is 10.7. The standard InChI is InChI=1S/C32H28Cl2N2O5/c1-2-3-12-24(32(40)41-16-25(37)35-23-14-13-17(33)15-22(23)34)36-30(38)28-26-18-8-4-5-9-19(18)27(29(28)31(36)39)21-11-7-6-10-20(21)26/h4-11,13-15,24,26-29H,2-3,12,16H2,1H3,(H,35,37)/t24-,26?,27?,28-,29-/m1/s1. The second kappa shape index (κ2) is 11.0. The molecule has 3 aliphatic carbocycles. The van der Waals surface area contributed by atoms with Gasteiger partial charge in [0.05, 0.1) is 22.5 Å². The summed E-state index contributed by atoms with van der Waals surface area (Å²) in [5, 5.41) is 3.24. The molecule has 1 aliphatic heterocycles. The Morgan fingerprint density at radius 3 is 1.90 bits per heavy atom. The van der Waals surface area contributed by atoms with Gasteiger partial charge in [0.25, 0.3) is 5.91 Å². The lowest BCUT2D eigenvalue weighted by atomic mass is 9.55. The minimum atomic E-state index is -1.11. The number of halogens is 2. The Bertz CT molecular complexity index is 1460. The lowest BCUT2D eigenvalue weighted by Crippen LogP contribution is -2.47. The van der Waals surface area contributed by atoms with Crippen molar-refractivity contribution in [2.75, 3.05) is 11.9 Å². The van der Waals surface area contributed by atoms with Gasteiger partial charge < -0.3 is 10.1 Å². The van der Waals surface area contributed by atoms with Crippen molar-refractivity contribution in [3.8, 4) is 0 Å². The number of hydrogen-bond donors (Lipinski definition) is 1. The molecule has 7 rings (SSSR count). The molecule has 0 saturated carbocycles. The van der Waals surface area contributed by atoms with E-state index in [0.29, 0.717) is 17.1 Å². The largest absolute Gasteiger partial charge is 0.454 e. The Kier molecular flexibility index (Phi) is 7.34. The number of carbonyl (C=O) groups is 4. The van der Waals surface area contributed by atoms with Crippen LogP contribution in [0.2, 0.25) is 10.0 Å². The number of unbranched alkanes of at least 4 members (excludes halogenated alkanes) is 1. The minimum absolute atomic E-state index is 0.241. The van der Waals surface area contributed by atoms with E-state index in [0.717, 1.165) is 33.6 Å². The number of ether oxygens (including phenoxy) is 1. The molecule has 2 bridgehead atoms. The quantitative estimate of drug-likeness (QED) is 0.259. The third-order valence-corrected chi connectivity index (χ3v) is 9.00. The van der Waals surface area contributed by atoms with Crippen LogP contribution >= 0.6 is 23.2 Å². The van der Waals surface area contributed by atoms with Gasteiger partial charge in [-0.15, -0.1) is 0 Å². The maximum atomic E-state index is 14.1. The molecule has 0 radical (unpaired) electrons. The minimum Gasteiger partial charge on any atom is -0.454 e. The summed E-state index contributed by atoms with van der Waals surface area (Å²) in [5.74, 6) is -3.81. The van der Waals surface area contributed by atoms with Crippen LogP contribution in [0.25, 0.3) is 0 Å². The van der Waals surface area contributed by atoms with Gasteiger partial charge in [-0.1, -0.05) is 91.5 Å². The molecule has 4 aliphatic rings. The summed E-state index contributed by atoms with van der Waals surface area (Å²) in [5.41, 5.74) is 4.57. The molecule has 1 N–H and O–H groups in total. The molecule has 41 heavy (non-hydrogen) atoms. The average molecular weight is 591 g/mol. The first-order valence-electron chi connectivity index (χ1n) is 13.8. The predicted octanol–water partition coefficient (Wildman–Crippen LogP) is 5.93. The molecule has 0 aromatic heterocycles. The molecule has 210 valence electrons. The normalized spacial score (nSPS) is 22.6. The van der Waals surface area contributed by atoms with E-state index in [2.05, 4.69) is 5.32 Å². The molecule has 3 amide bonds. The van der Waals surface area contributed by atoms with Crippen molar-refractivity contribution in [1.82, 2.24) is 4.90 Å². The third kappa shape index (κ3) is 4.61. The molecule has 7 nitrogen and oxygen atoms in total. The van der Waals surface area contributed by atoms with Gasteiger partial charge >= 0.3 is 5.97 Å². The van der Waals surface area contributed by atoms with E-state index >= 15 is 0 Å². The number of carbonyl (C=O) groups excluding carboxylic acids is 4. The van der Waals surface area contributed by atoms with E-state index in [1.807, 2.05) is 55.5 Å². The first-order chi connectivity index (χ1) is 19.8. The van der Waals surface area contributed by atoms with Gasteiger partial charge in [-0.3, -0.25) is 19.3 Å². The highest BCUT2D eigenvalue weighted by atomic mass is 35.5. The zero-order chi connectivity index (χ0) is 28.8. The molecule has 0 spiro atoms. The Labute approximate surface area is 247 Å². The smallest absolute Gasteiger partial charge is 0.329 e. The molecule has 1 heterocycles. The topological polar surface area (TPSA) is 92.8 Å². The van der Waals surface area contributed by atoms with Crippen LogP contribution in [0.1, 0.15) is 60.3 Å². The fraction of sp³-hybridized carbons (Fsp3) is 0.312. The van der Waals surface area contributed by atoms with Gasteiger partial charge in [-0.2, -0.15) is 0 Å². The SMILES string of the molecule is CCCC[C@H](C(=O)OCC(=O)Nc1ccc(Cl)cc1Cl)N1C(=O)[C@@H]2C3c4ccccc4C(c4ccccc43)[C@H]2C1=O. The summed E-state index contributed by atoms with van der Waals surface area (Å²) in [6, 6.07) is 19.5. The predicted molar refractivity (Wildman–Crippen MR) is 155 cm³/mol. The second-order valence-corrected chi connectivity index (χ2v) is 11.6. The fourth-order valence-corrected chi connectivity index (χ4v) is 7.22. The summed E-state index contributed by atoms with van der Waals surface area (Å²) in [4.78, 5) is 55.3. The number of anilines is 1. The van der Waals surface area contributed by atoms with Crippen LogP contribution in [0.3, 0.4) is 0 Å². The highest BCUT2D eigenvalue weighted by Gasteiger charge is 2.63. The summed E-state index contributed by atoms with van der Waals surface area (Å²) < 4.78 is 5.39. The monoisotopic (exact) mass is 590 g/mol. The van der Waals surface area contributed by atoms with Crippen molar-refractivity contribution >= 4 is 52.6 Å². The van der Waals surface area contributed by atoms with Gasteiger partial charge in [0.2, 0.25) is 11.8 Å². The average Bonchev–Trinajstić information content (AvgIpc) is 3.24. The number of esters is 1. The van der Waals surface area contributed by atoms with Crippen molar-refractivity contribution in [2.24, 2.45) is 11.8 Å². The molecular formula is C32H28Cl2N2O5. The van der Waals surface area contributed by atoms with Gasteiger partial charge in [-0.05, 0) is 46.9 Å². The van der Waals surface area contributed by atoms with Crippen molar-refractivity contribution in [2.45, 2.75) is 44.1 Å². The molecule has 3 atom stereocenters. The number of nitrogens with one attached hydrogen (secondary N) is 1. The number of amides is 3. The number of hydrogen-bond acceptors (Lipinski definition) is 5. The number of rotatable bonds is 8. The van der Waals surface area contributed by atoms with Gasteiger partial charge in [0.1, 0.15) is 6.04 Å². The Morgan fingerprint density at radius 1 is 0.878 bits per heavy atom. The van der Waals surface area contributed by atoms with Crippen LogP contribution in [0.4, 0.5) is 5.69 Å². The lowest BCUT2D eigenvalue weighted by molar-refractivity contribution is -0.160. The molecule has 1 fully saturated rings. The fourth-order valence-electron chi connectivity index (χ4n) is 6.77. The van der Waals surface area contributed by atoms with Crippen molar-refractivity contribution in [1.29, 1.82) is 0 Å². The van der Waals surface area contributed by atoms with E-state index in [9.17, 15) is 19.2 Å². The Morgan fingerprint density at radius 2 is 1.41 bits per heavy atom. The first-order valence-corrected chi connectivity index (χ1v) is 14.5. The summed E-state index contributed by atoms with van der Waals surface area (Å²) in [7, 11) is 0. The molecule has 3 aromatic rings. The highest BCUT2D eigenvalue weighted by Crippen LogP contribution is 2.61. The van der Waals surface area contributed by atoms with E-state index in [-0.39, 0.29) is 35.1 Å². The molecule has 9 heteroatoms. The van der Waals surface area contributed by atoms with Crippen molar-refractivity contribution < 1.29 is 23.9 Å². The van der Waals surface area contributed by atoms with Crippen molar-refractivity contribution in [3.05, 3.63) is 99.0 Å². The van der Waals surface area contributed by atoms with E-state index in [1.54, 1.807) is 12.1 Å². The highest BCUT2D eigenvalue weighted by molar-refractivity contribution is 6.36. The molecule has 1 saturated heterocycles. The third-order valence-electron chi connectivity index (χ3n) is 8.45. The van der Waals surface area contributed by atoms with Crippen LogP contribution in [-0.4, -0.2) is 41.2 Å². The van der Waals surface area contributed by atoms with Gasteiger partial charge in [0, 0.05) is 16.9 Å². The Balaban J connectivity index is 1.26. The summed E-state index contributed by atoms with van der Waals surface area (Å²) in [6.45, 7) is 1.37. The van der Waals surface area contributed by atoms with Crippen LogP contribution < -0.4 is 5.32 Å². The van der Waals surface area contributed by atoms with Crippen LogP contribution in [0.5, 0.6) is 0 Å². The van der Waals surface area contributed by atoms with Crippen LogP contribution in [-0.2, 0) is 23.9 Å². The number of benzene rings is 3. The number of likely N-dealkylation sites (tertiary alicyclic amines) is 1. The van der Waals surface area contributed by atoms with E-state index < -0.39 is 36.4 Å². The summed E-state index contributed by atoms with van der Waals surface area (Å²) >= 11 is 12.0. The van der Waals surface area contributed by atoms with Crippen LogP contribution in [0.15, 0.2) is 66.7 Å². The van der Waals surface area contributed by atoms with Crippen molar-refractivity contribution in [3.63, 3.8) is 0 Å². The van der Waals surface area contributed by atoms with Crippen LogP contribution in [0, 0.1) is 11.8 Å². The molecular weight excluding hydrogens is 563 g/mol. The number of nitrogens with zero attached hydrogens (tertiary/aromatic N) is 1. The first kappa shape index (κ1) is 27.5. The van der Waals surface area contributed by atoms with E-state index in [1.165, 1.54) is 6.07 Å². The van der Waals surface area contributed by atoms with E-state index in [4.69, 9.17) is 27.9 Å². The van der Waals surface area contributed by atoms with Gasteiger partial charge in [-0.25, -0.2) is 4.79 Å². The molecule has 3 aromatic carbocycles. The maximum Gasteiger partial charge on any atom is 0.329 e.